The zero-order valence-corrected chi connectivity index (χ0v) is 11.8. The first kappa shape index (κ1) is 13.9. The highest BCUT2D eigenvalue weighted by Gasteiger charge is 2.22. The van der Waals surface area contributed by atoms with E-state index in [-0.39, 0.29) is 17.9 Å². The Bertz CT molecular complexity index is 407. The molecule has 0 bridgehead atoms. The van der Waals surface area contributed by atoms with E-state index in [0.29, 0.717) is 0 Å². The molecule has 0 spiro atoms. The quantitative estimate of drug-likeness (QED) is 0.901. The van der Waals surface area contributed by atoms with Gasteiger partial charge in [0.05, 0.1) is 13.2 Å². The molecule has 0 unspecified atom stereocenters. The number of hydrogen-bond acceptors (Lipinski definition) is 2. The van der Waals surface area contributed by atoms with Crippen LogP contribution in [0.4, 0.5) is 0 Å². The summed E-state index contributed by atoms with van der Waals surface area (Å²) in [4.78, 5) is 12.2. The third-order valence-electron chi connectivity index (χ3n) is 3.95. The number of amides is 1. The minimum absolute atomic E-state index is 0.0559. The van der Waals surface area contributed by atoms with Gasteiger partial charge in [0.15, 0.2) is 0 Å². The van der Waals surface area contributed by atoms with Crippen LogP contribution in [0.15, 0.2) is 24.3 Å². The van der Waals surface area contributed by atoms with Crippen LogP contribution in [-0.2, 0) is 4.79 Å². The van der Waals surface area contributed by atoms with E-state index < -0.39 is 0 Å². The number of rotatable bonds is 4. The minimum Gasteiger partial charge on any atom is -0.497 e. The molecule has 1 fully saturated rings. The second kappa shape index (κ2) is 6.60. The Hall–Kier alpha value is -1.51. The molecule has 19 heavy (non-hydrogen) atoms. The highest BCUT2D eigenvalue weighted by Crippen LogP contribution is 2.25. The second-order valence-electron chi connectivity index (χ2n) is 5.34. The Morgan fingerprint density at radius 3 is 2.42 bits per heavy atom. The molecule has 0 saturated heterocycles. The first-order chi connectivity index (χ1) is 9.20. The van der Waals surface area contributed by atoms with Crippen LogP contribution in [0.1, 0.15) is 50.6 Å². The molecule has 0 heterocycles. The number of benzene rings is 1. The summed E-state index contributed by atoms with van der Waals surface area (Å²) in [5.41, 5.74) is 1.12. The van der Waals surface area contributed by atoms with Gasteiger partial charge in [0.1, 0.15) is 5.75 Å². The first-order valence-electron chi connectivity index (χ1n) is 7.15. The molecule has 1 aromatic rings. The average molecular weight is 261 g/mol. The number of hydrogen-bond donors (Lipinski definition) is 1. The van der Waals surface area contributed by atoms with Crippen molar-refractivity contribution in [2.24, 2.45) is 5.92 Å². The van der Waals surface area contributed by atoms with Crippen LogP contribution < -0.4 is 10.1 Å². The van der Waals surface area contributed by atoms with Gasteiger partial charge in [-0.15, -0.1) is 0 Å². The molecular formula is C16H23NO2. The Morgan fingerprint density at radius 1 is 1.21 bits per heavy atom. The van der Waals surface area contributed by atoms with E-state index in [1.54, 1.807) is 7.11 Å². The Kier molecular flexibility index (Phi) is 4.83. The Balaban J connectivity index is 1.91. The summed E-state index contributed by atoms with van der Waals surface area (Å²) in [5.74, 6) is 1.27. The first-order valence-corrected chi connectivity index (χ1v) is 7.15. The van der Waals surface area contributed by atoms with E-state index in [4.69, 9.17) is 4.74 Å². The van der Waals surface area contributed by atoms with Crippen LogP contribution in [0.3, 0.4) is 0 Å². The van der Waals surface area contributed by atoms with Gasteiger partial charge in [-0.05, 0) is 37.5 Å². The molecule has 0 radical (unpaired) electrons. The lowest BCUT2D eigenvalue weighted by Crippen LogP contribution is -2.33. The predicted molar refractivity (Wildman–Crippen MR) is 76.1 cm³/mol. The van der Waals surface area contributed by atoms with Gasteiger partial charge in [-0.3, -0.25) is 4.79 Å². The number of ether oxygens (including phenoxy) is 1. The largest absolute Gasteiger partial charge is 0.497 e. The number of nitrogens with one attached hydrogen (secondary N) is 1. The Morgan fingerprint density at radius 2 is 1.84 bits per heavy atom. The molecule has 1 amide bonds. The van der Waals surface area contributed by atoms with E-state index >= 15 is 0 Å². The summed E-state index contributed by atoms with van der Waals surface area (Å²) in [5, 5.41) is 3.12. The van der Waals surface area contributed by atoms with Gasteiger partial charge in [0, 0.05) is 5.92 Å². The highest BCUT2D eigenvalue weighted by molar-refractivity contribution is 5.79. The smallest absolute Gasteiger partial charge is 0.223 e. The fourth-order valence-corrected chi connectivity index (χ4v) is 2.67. The summed E-state index contributed by atoms with van der Waals surface area (Å²) in [6.07, 6.45) is 5.74. The third kappa shape index (κ3) is 3.72. The van der Waals surface area contributed by atoms with Crippen molar-refractivity contribution in [2.75, 3.05) is 7.11 Å². The SMILES string of the molecule is COc1ccc([C@@H](C)NC(=O)C2CCCCC2)cc1. The molecule has 104 valence electrons. The fourth-order valence-electron chi connectivity index (χ4n) is 2.67. The molecule has 0 aliphatic heterocycles. The second-order valence-corrected chi connectivity index (χ2v) is 5.34. The van der Waals surface area contributed by atoms with E-state index in [0.717, 1.165) is 24.2 Å². The normalized spacial score (nSPS) is 17.8. The maximum absolute atomic E-state index is 12.2. The lowest BCUT2D eigenvalue weighted by atomic mass is 9.88. The van der Waals surface area contributed by atoms with Gasteiger partial charge >= 0.3 is 0 Å². The highest BCUT2D eigenvalue weighted by atomic mass is 16.5. The average Bonchev–Trinajstić information content (AvgIpc) is 2.48. The van der Waals surface area contributed by atoms with Crippen molar-refractivity contribution in [1.29, 1.82) is 0 Å². The van der Waals surface area contributed by atoms with Crippen molar-refractivity contribution in [3.63, 3.8) is 0 Å². The van der Waals surface area contributed by atoms with Crippen molar-refractivity contribution >= 4 is 5.91 Å². The summed E-state index contributed by atoms with van der Waals surface area (Å²) in [6, 6.07) is 7.92. The molecule has 3 nitrogen and oxygen atoms in total. The Labute approximate surface area is 115 Å². The van der Waals surface area contributed by atoms with Gasteiger partial charge in [-0.2, -0.15) is 0 Å². The molecule has 1 N–H and O–H groups in total. The monoisotopic (exact) mass is 261 g/mol. The van der Waals surface area contributed by atoms with Crippen molar-refractivity contribution in [3.8, 4) is 5.75 Å². The number of methoxy groups -OCH3 is 1. The minimum atomic E-state index is 0.0559. The lowest BCUT2D eigenvalue weighted by molar-refractivity contribution is -0.126. The van der Waals surface area contributed by atoms with Crippen LogP contribution in [0.5, 0.6) is 5.75 Å². The van der Waals surface area contributed by atoms with Crippen molar-refractivity contribution < 1.29 is 9.53 Å². The molecule has 1 aliphatic carbocycles. The maximum atomic E-state index is 12.2. The summed E-state index contributed by atoms with van der Waals surface area (Å²) >= 11 is 0. The summed E-state index contributed by atoms with van der Waals surface area (Å²) < 4.78 is 5.14. The van der Waals surface area contributed by atoms with Crippen LogP contribution in [-0.4, -0.2) is 13.0 Å². The number of carbonyl (C=O) groups excluding carboxylic acids is 1. The van der Waals surface area contributed by atoms with Crippen LogP contribution in [0.25, 0.3) is 0 Å². The lowest BCUT2D eigenvalue weighted by Gasteiger charge is -2.23. The van der Waals surface area contributed by atoms with Crippen molar-refractivity contribution in [1.82, 2.24) is 5.32 Å². The van der Waals surface area contributed by atoms with Gasteiger partial charge in [-0.25, -0.2) is 0 Å². The zero-order valence-electron chi connectivity index (χ0n) is 11.8. The predicted octanol–water partition coefficient (Wildman–Crippen LogP) is 3.45. The molecule has 2 rings (SSSR count). The molecule has 1 aliphatic rings. The summed E-state index contributed by atoms with van der Waals surface area (Å²) in [6.45, 7) is 2.03. The maximum Gasteiger partial charge on any atom is 0.223 e. The summed E-state index contributed by atoms with van der Waals surface area (Å²) in [7, 11) is 1.66. The zero-order chi connectivity index (χ0) is 13.7. The van der Waals surface area contributed by atoms with E-state index in [1.807, 2.05) is 31.2 Å². The molecule has 1 atom stereocenters. The van der Waals surface area contributed by atoms with E-state index in [2.05, 4.69) is 5.32 Å². The van der Waals surface area contributed by atoms with Crippen molar-refractivity contribution in [3.05, 3.63) is 29.8 Å². The van der Waals surface area contributed by atoms with Gasteiger partial charge in [0.25, 0.3) is 0 Å². The van der Waals surface area contributed by atoms with E-state index in [1.165, 1.54) is 19.3 Å². The van der Waals surface area contributed by atoms with Gasteiger partial charge in [-0.1, -0.05) is 31.4 Å². The molecule has 3 heteroatoms. The van der Waals surface area contributed by atoms with Gasteiger partial charge < -0.3 is 10.1 Å². The molecule has 1 saturated carbocycles. The number of carbonyl (C=O) groups is 1. The topological polar surface area (TPSA) is 38.3 Å². The molecule has 1 aromatic carbocycles. The van der Waals surface area contributed by atoms with Crippen LogP contribution in [0.2, 0.25) is 0 Å². The van der Waals surface area contributed by atoms with Crippen LogP contribution in [0, 0.1) is 5.92 Å². The van der Waals surface area contributed by atoms with E-state index in [9.17, 15) is 4.79 Å². The fraction of sp³-hybridized carbons (Fsp3) is 0.562. The molecule has 0 aromatic heterocycles. The van der Waals surface area contributed by atoms with Gasteiger partial charge in [0.2, 0.25) is 5.91 Å². The van der Waals surface area contributed by atoms with Crippen molar-refractivity contribution in [2.45, 2.75) is 45.1 Å². The standard InChI is InChI=1S/C16H23NO2/c1-12(13-8-10-15(19-2)11-9-13)17-16(18)14-6-4-3-5-7-14/h8-12,14H,3-7H2,1-2H3,(H,17,18)/t12-/m1/s1. The molecular weight excluding hydrogens is 238 g/mol. The van der Waals surface area contributed by atoms with Crippen LogP contribution >= 0.6 is 0 Å². The third-order valence-corrected chi connectivity index (χ3v) is 3.95.